The molecule has 0 bridgehead atoms. The van der Waals surface area contributed by atoms with E-state index < -0.39 is 33.3 Å². The molecule has 0 spiro atoms. The van der Waals surface area contributed by atoms with Crippen molar-refractivity contribution in [2.45, 2.75) is 11.8 Å². The quantitative estimate of drug-likeness (QED) is 0.751. The number of halogens is 1. The van der Waals surface area contributed by atoms with Gasteiger partial charge in [-0.1, -0.05) is 11.0 Å². The van der Waals surface area contributed by atoms with Crippen LogP contribution < -0.4 is 4.89 Å². The lowest BCUT2D eigenvalue weighted by molar-refractivity contribution is -0.143. The lowest BCUT2D eigenvalue weighted by atomic mass is 10.2. The Morgan fingerprint density at radius 2 is 2.18 bits per heavy atom. The van der Waals surface area contributed by atoms with Crippen LogP contribution in [0.5, 0.6) is 0 Å². The van der Waals surface area contributed by atoms with Crippen LogP contribution in [-0.2, 0) is 19.7 Å². The topological polar surface area (TPSA) is 92.7 Å². The molecule has 0 saturated carbocycles. The second-order valence-corrected chi connectivity index (χ2v) is 4.82. The highest BCUT2D eigenvalue weighted by Crippen LogP contribution is 2.15. The summed E-state index contributed by atoms with van der Waals surface area (Å²) in [7, 11) is -4.22. The molecule has 0 fully saturated rings. The summed E-state index contributed by atoms with van der Waals surface area (Å²) < 4.78 is 36.3. The van der Waals surface area contributed by atoms with Gasteiger partial charge in [0.2, 0.25) is 0 Å². The molecule has 8 heteroatoms. The van der Waals surface area contributed by atoms with Gasteiger partial charge in [-0.3, -0.25) is 4.84 Å². The van der Waals surface area contributed by atoms with E-state index in [1.54, 1.807) is 6.92 Å². The predicted molar refractivity (Wildman–Crippen MR) is 55.0 cm³/mol. The van der Waals surface area contributed by atoms with Gasteiger partial charge in [-0.15, -0.1) is 0 Å². The van der Waals surface area contributed by atoms with Gasteiger partial charge in [-0.25, -0.2) is 17.6 Å². The lowest BCUT2D eigenvalue weighted by Gasteiger charge is -2.07. The Hall–Kier alpha value is -1.51. The molecule has 0 saturated heterocycles. The molecule has 1 rings (SSSR count). The fraction of sp³-hybridized carbons (Fsp3) is 0.222. The van der Waals surface area contributed by atoms with Crippen molar-refractivity contribution in [1.29, 1.82) is 0 Å². The first-order valence-corrected chi connectivity index (χ1v) is 5.93. The van der Waals surface area contributed by atoms with Crippen molar-refractivity contribution in [2.24, 2.45) is 0 Å². The van der Waals surface area contributed by atoms with Crippen LogP contribution in [0.4, 0.5) is 4.39 Å². The van der Waals surface area contributed by atoms with Crippen LogP contribution in [0.25, 0.3) is 0 Å². The van der Waals surface area contributed by atoms with Gasteiger partial charge in [0.15, 0.2) is 6.61 Å². The number of carboxylic acids is 1. The number of benzene rings is 1. The van der Waals surface area contributed by atoms with E-state index in [-0.39, 0.29) is 0 Å². The molecular formula is C9H10FNO5S. The minimum atomic E-state index is -4.22. The number of hydrogen-bond acceptors (Lipinski definition) is 4. The SMILES string of the molecule is Cc1ccc(F)c(S(=O)(=O)NOCC(=O)O)c1. The Morgan fingerprint density at radius 1 is 1.53 bits per heavy atom. The van der Waals surface area contributed by atoms with E-state index in [0.29, 0.717) is 5.56 Å². The van der Waals surface area contributed by atoms with E-state index in [4.69, 9.17) is 5.11 Å². The van der Waals surface area contributed by atoms with Crippen molar-refractivity contribution in [3.63, 3.8) is 0 Å². The van der Waals surface area contributed by atoms with Crippen molar-refractivity contribution in [2.75, 3.05) is 6.61 Å². The number of nitrogens with one attached hydrogen (secondary N) is 1. The molecule has 0 aliphatic heterocycles. The van der Waals surface area contributed by atoms with Gasteiger partial charge in [0.05, 0.1) is 0 Å². The number of aliphatic carboxylic acids is 1. The summed E-state index contributed by atoms with van der Waals surface area (Å²) in [6.45, 7) is 0.739. The normalized spacial score (nSPS) is 11.4. The zero-order valence-electron chi connectivity index (χ0n) is 8.81. The first-order valence-electron chi connectivity index (χ1n) is 4.44. The molecule has 17 heavy (non-hydrogen) atoms. The van der Waals surface area contributed by atoms with Gasteiger partial charge in [0.1, 0.15) is 10.7 Å². The zero-order chi connectivity index (χ0) is 13.1. The molecule has 0 aliphatic carbocycles. The Morgan fingerprint density at radius 3 is 2.76 bits per heavy atom. The third-order valence-corrected chi connectivity index (χ3v) is 2.97. The van der Waals surface area contributed by atoms with Crippen LogP contribution in [0.15, 0.2) is 23.1 Å². The molecule has 1 aromatic carbocycles. The van der Waals surface area contributed by atoms with Gasteiger partial charge in [-0.2, -0.15) is 0 Å². The van der Waals surface area contributed by atoms with Crippen molar-refractivity contribution >= 4 is 16.0 Å². The Labute approximate surface area is 97.0 Å². The summed E-state index contributed by atoms with van der Waals surface area (Å²) in [4.78, 5) is 15.2. The lowest BCUT2D eigenvalue weighted by Crippen LogP contribution is -2.27. The molecule has 0 amide bonds. The van der Waals surface area contributed by atoms with Gasteiger partial charge in [0, 0.05) is 0 Å². The molecule has 0 unspecified atom stereocenters. The van der Waals surface area contributed by atoms with Crippen LogP contribution in [0.3, 0.4) is 0 Å². The maximum Gasteiger partial charge on any atom is 0.331 e. The number of carbonyl (C=O) groups is 1. The Bertz CT molecular complexity index is 528. The monoisotopic (exact) mass is 263 g/mol. The highest BCUT2D eigenvalue weighted by molar-refractivity contribution is 7.89. The average molecular weight is 263 g/mol. The maximum absolute atomic E-state index is 13.3. The highest BCUT2D eigenvalue weighted by atomic mass is 32.2. The fourth-order valence-electron chi connectivity index (χ4n) is 1.03. The van der Waals surface area contributed by atoms with Crippen LogP contribution in [0.2, 0.25) is 0 Å². The van der Waals surface area contributed by atoms with Gasteiger partial charge in [0.25, 0.3) is 10.0 Å². The van der Waals surface area contributed by atoms with E-state index >= 15 is 0 Å². The molecular weight excluding hydrogens is 253 g/mol. The van der Waals surface area contributed by atoms with Crippen LogP contribution in [-0.4, -0.2) is 26.1 Å². The number of aryl methyl sites for hydroxylation is 1. The average Bonchev–Trinajstić information content (AvgIpc) is 2.20. The molecule has 0 atom stereocenters. The summed E-state index contributed by atoms with van der Waals surface area (Å²) in [5.41, 5.74) is 0.546. The maximum atomic E-state index is 13.3. The minimum absolute atomic E-state index is 0.546. The van der Waals surface area contributed by atoms with Crippen molar-refractivity contribution in [3.05, 3.63) is 29.6 Å². The summed E-state index contributed by atoms with van der Waals surface area (Å²) in [6.07, 6.45) is 0. The standard InChI is InChI=1S/C9H10FNO5S/c1-6-2-3-7(10)8(4-6)17(14,15)11-16-5-9(12)13/h2-4,11H,5H2,1H3,(H,12,13). The smallest absolute Gasteiger partial charge is 0.331 e. The number of sulfonamides is 1. The molecule has 94 valence electrons. The van der Waals surface area contributed by atoms with Crippen molar-refractivity contribution in [3.8, 4) is 0 Å². The predicted octanol–water partition coefficient (Wildman–Crippen LogP) is 0.429. The van der Waals surface area contributed by atoms with Crippen LogP contribution >= 0.6 is 0 Å². The first-order chi connectivity index (χ1) is 7.83. The second-order valence-electron chi connectivity index (χ2n) is 3.20. The number of rotatable bonds is 5. The van der Waals surface area contributed by atoms with Crippen molar-refractivity contribution < 1.29 is 27.5 Å². The van der Waals surface area contributed by atoms with E-state index in [2.05, 4.69) is 4.84 Å². The van der Waals surface area contributed by atoms with Crippen LogP contribution in [0, 0.1) is 12.7 Å². The molecule has 0 heterocycles. The van der Waals surface area contributed by atoms with E-state index in [1.807, 2.05) is 0 Å². The summed E-state index contributed by atoms with van der Waals surface area (Å²) >= 11 is 0. The molecule has 0 radical (unpaired) electrons. The molecule has 0 aliphatic rings. The molecule has 1 aromatic rings. The summed E-state index contributed by atoms with van der Waals surface area (Å²) in [5, 5.41) is 8.25. The van der Waals surface area contributed by atoms with E-state index in [9.17, 15) is 17.6 Å². The largest absolute Gasteiger partial charge is 0.479 e. The first kappa shape index (κ1) is 13.6. The molecule has 0 aromatic heterocycles. The number of hydrogen-bond donors (Lipinski definition) is 2. The van der Waals surface area contributed by atoms with E-state index in [0.717, 1.165) is 12.1 Å². The van der Waals surface area contributed by atoms with Gasteiger partial charge >= 0.3 is 5.97 Å². The second kappa shape index (κ2) is 5.21. The summed E-state index contributed by atoms with van der Waals surface area (Å²) in [6, 6.07) is 3.52. The van der Waals surface area contributed by atoms with Gasteiger partial charge < -0.3 is 5.11 Å². The van der Waals surface area contributed by atoms with Gasteiger partial charge in [-0.05, 0) is 24.6 Å². The summed E-state index contributed by atoms with van der Waals surface area (Å²) in [5.74, 6) is -2.29. The Balaban J connectivity index is 2.89. The minimum Gasteiger partial charge on any atom is -0.479 e. The molecule has 6 nitrogen and oxygen atoms in total. The van der Waals surface area contributed by atoms with Crippen LogP contribution in [0.1, 0.15) is 5.56 Å². The highest BCUT2D eigenvalue weighted by Gasteiger charge is 2.19. The third-order valence-electron chi connectivity index (χ3n) is 1.74. The third kappa shape index (κ3) is 3.77. The molecule has 2 N–H and O–H groups in total. The fourth-order valence-corrected chi connectivity index (χ4v) is 2.00. The van der Waals surface area contributed by atoms with E-state index in [1.165, 1.54) is 11.0 Å². The van der Waals surface area contributed by atoms with Crippen molar-refractivity contribution in [1.82, 2.24) is 4.89 Å². The number of carboxylic acid groups (broad SMARTS) is 1. The zero-order valence-corrected chi connectivity index (χ0v) is 9.62. The Kier molecular flexibility index (Phi) is 4.16.